The van der Waals surface area contributed by atoms with E-state index >= 15 is 0 Å². The zero-order valence-corrected chi connectivity index (χ0v) is 10.8. The van der Waals surface area contributed by atoms with Gasteiger partial charge in [-0.3, -0.25) is 0 Å². The number of fused-ring (bicyclic) bond motifs is 1. The number of anilines is 3. The number of ether oxygens (including phenoxy) is 1. The van der Waals surface area contributed by atoms with Crippen molar-refractivity contribution >= 4 is 38.3 Å². The van der Waals surface area contributed by atoms with Gasteiger partial charge in [-0.2, -0.15) is 4.98 Å². The molecular formula is C11H10N6OS. The monoisotopic (exact) mass is 274 g/mol. The van der Waals surface area contributed by atoms with E-state index in [1.54, 1.807) is 19.4 Å². The minimum Gasteiger partial charge on any atom is -0.481 e. The van der Waals surface area contributed by atoms with Crippen LogP contribution in [0.2, 0.25) is 0 Å². The van der Waals surface area contributed by atoms with Crippen molar-refractivity contribution in [1.29, 1.82) is 0 Å². The Morgan fingerprint density at radius 2 is 2.16 bits per heavy atom. The number of rotatable bonds is 3. The molecule has 0 saturated carbocycles. The molecule has 19 heavy (non-hydrogen) atoms. The molecule has 3 rings (SSSR count). The van der Waals surface area contributed by atoms with Crippen LogP contribution in [0, 0.1) is 0 Å². The molecule has 96 valence electrons. The van der Waals surface area contributed by atoms with Crippen LogP contribution in [0.4, 0.5) is 16.6 Å². The van der Waals surface area contributed by atoms with Gasteiger partial charge < -0.3 is 15.8 Å². The number of thiazole rings is 1. The second-order valence-electron chi connectivity index (χ2n) is 3.64. The number of hydrogen-bond donors (Lipinski definition) is 2. The van der Waals surface area contributed by atoms with Gasteiger partial charge in [0.15, 0.2) is 10.8 Å². The third-order valence-corrected chi connectivity index (χ3v) is 3.40. The van der Waals surface area contributed by atoms with Crippen LogP contribution in [0.15, 0.2) is 24.7 Å². The fourth-order valence-corrected chi connectivity index (χ4v) is 2.36. The van der Waals surface area contributed by atoms with E-state index in [1.807, 2.05) is 6.07 Å². The van der Waals surface area contributed by atoms with Gasteiger partial charge in [-0.25, -0.2) is 15.0 Å². The molecule has 0 radical (unpaired) electrons. The molecule has 0 amide bonds. The van der Waals surface area contributed by atoms with Crippen molar-refractivity contribution in [3.8, 4) is 5.88 Å². The summed E-state index contributed by atoms with van der Waals surface area (Å²) in [5, 5.41) is 3.83. The number of nitrogens with one attached hydrogen (secondary N) is 1. The summed E-state index contributed by atoms with van der Waals surface area (Å²) in [4.78, 5) is 16.4. The van der Waals surface area contributed by atoms with Crippen molar-refractivity contribution in [3.63, 3.8) is 0 Å². The molecule has 0 spiro atoms. The summed E-state index contributed by atoms with van der Waals surface area (Å²) in [6.45, 7) is 0. The molecule has 0 fully saturated rings. The van der Waals surface area contributed by atoms with E-state index in [0.717, 1.165) is 10.4 Å². The minimum absolute atomic E-state index is 0.434. The van der Waals surface area contributed by atoms with Gasteiger partial charge in [-0.05, 0) is 6.07 Å². The van der Waals surface area contributed by atoms with Gasteiger partial charge in [0.25, 0.3) is 0 Å². The average Bonchev–Trinajstić information content (AvgIpc) is 2.84. The Morgan fingerprint density at radius 3 is 2.84 bits per heavy atom. The van der Waals surface area contributed by atoms with Gasteiger partial charge in [0.1, 0.15) is 16.8 Å². The Hall–Kier alpha value is -2.48. The summed E-state index contributed by atoms with van der Waals surface area (Å²) in [5.74, 6) is 0.994. The van der Waals surface area contributed by atoms with Crippen LogP contribution in [0.25, 0.3) is 10.3 Å². The summed E-state index contributed by atoms with van der Waals surface area (Å²) in [5.41, 5.74) is 7.16. The lowest BCUT2D eigenvalue weighted by molar-refractivity contribution is 0.398. The van der Waals surface area contributed by atoms with Crippen molar-refractivity contribution in [3.05, 3.63) is 24.7 Å². The second kappa shape index (κ2) is 4.65. The van der Waals surface area contributed by atoms with Gasteiger partial charge >= 0.3 is 0 Å². The Balaban J connectivity index is 1.90. The smallest absolute Gasteiger partial charge is 0.213 e. The van der Waals surface area contributed by atoms with E-state index in [1.165, 1.54) is 17.7 Å². The Labute approximate surface area is 112 Å². The Kier molecular flexibility index (Phi) is 2.84. The third kappa shape index (κ3) is 2.25. The quantitative estimate of drug-likeness (QED) is 0.751. The van der Waals surface area contributed by atoms with E-state index in [-0.39, 0.29) is 0 Å². The third-order valence-electron chi connectivity index (χ3n) is 2.42. The van der Waals surface area contributed by atoms with Crippen molar-refractivity contribution in [2.24, 2.45) is 0 Å². The van der Waals surface area contributed by atoms with Crippen LogP contribution in [-0.2, 0) is 0 Å². The fraction of sp³-hybridized carbons (Fsp3) is 0.0909. The molecule has 0 bridgehead atoms. The predicted octanol–water partition coefficient (Wildman–Crippen LogP) is 1.82. The van der Waals surface area contributed by atoms with Crippen LogP contribution in [0.1, 0.15) is 0 Å². The maximum absolute atomic E-state index is 5.76. The largest absolute Gasteiger partial charge is 0.481 e. The number of aromatic nitrogens is 4. The van der Waals surface area contributed by atoms with Crippen molar-refractivity contribution in [2.45, 2.75) is 0 Å². The van der Waals surface area contributed by atoms with E-state index in [0.29, 0.717) is 22.5 Å². The van der Waals surface area contributed by atoms with Gasteiger partial charge in [-0.15, -0.1) is 0 Å². The predicted molar refractivity (Wildman–Crippen MR) is 73.7 cm³/mol. The van der Waals surface area contributed by atoms with Crippen LogP contribution in [0.3, 0.4) is 0 Å². The highest BCUT2D eigenvalue weighted by atomic mass is 32.1. The van der Waals surface area contributed by atoms with Crippen molar-refractivity contribution in [1.82, 2.24) is 19.9 Å². The molecule has 7 nitrogen and oxygen atoms in total. The summed E-state index contributed by atoms with van der Waals surface area (Å²) in [6.07, 6.45) is 3.07. The van der Waals surface area contributed by atoms with Crippen molar-refractivity contribution in [2.75, 3.05) is 18.2 Å². The summed E-state index contributed by atoms with van der Waals surface area (Å²) in [6, 6.07) is 3.62. The molecule has 3 N–H and O–H groups in total. The van der Waals surface area contributed by atoms with E-state index in [4.69, 9.17) is 10.5 Å². The van der Waals surface area contributed by atoms with Crippen LogP contribution >= 0.6 is 11.3 Å². The molecule has 3 aromatic rings. The van der Waals surface area contributed by atoms with Gasteiger partial charge in [-0.1, -0.05) is 11.3 Å². The molecule has 0 aliphatic heterocycles. The molecular weight excluding hydrogens is 264 g/mol. The number of nitrogen functional groups attached to an aromatic ring is 1. The molecule has 3 heterocycles. The molecule has 8 heteroatoms. The first-order valence-corrected chi connectivity index (χ1v) is 6.22. The molecule has 0 saturated heterocycles. The molecule has 0 aromatic carbocycles. The zero-order valence-electron chi connectivity index (χ0n) is 9.99. The SMILES string of the molecule is COc1ccc(Nc2nc3ncnc(N)c3s2)cn1. The first-order valence-electron chi connectivity index (χ1n) is 5.40. The maximum atomic E-state index is 5.76. The van der Waals surface area contributed by atoms with Crippen LogP contribution in [0.5, 0.6) is 5.88 Å². The normalized spacial score (nSPS) is 10.6. The van der Waals surface area contributed by atoms with Crippen molar-refractivity contribution < 1.29 is 4.74 Å². The maximum Gasteiger partial charge on any atom is 0.213 e. The van der Waals surface area contributed by atoms with E-state index in [2.05, 4.69) is 25.3 Å². The molecule has 0 aliphatic rings. The average molecular weight is 274 g/mol. The Bertz CT molecular complexity index is 711. The topological polar surface area (TPSA) is 98.8 Å². The van der Waals surface area contributed by atoms with Crippen LogP contribution < -0.4 is 15.8 Å². The Morgan fingerprint density at radius 1 is 1.26 bits per heavy atom. The standard InChI is InChI=1S/C11H10N6OS/c1-18-7-3-2-6(4-13-7)16-11-17-10-8(19-11)9(12)14-5-15-10/h2-5H,1H3,(H3,12,14,15,16,17). The highest BCUT2D eigenvalue weighted by Gasteiger charge is 2.08. The number of hydrogen-bond acceptors (Lipinski definition) is 8. The highest BCUT2D eigenvalue weighted by Crippen LogP contribution is 2.29. The lowest BCUT2D eigenvalue weighted by Gasteiger charge is -2.02. The molecule has 0 unspecified atom stereocenters. The van der Waals surface area contributed by atoms with Gasteiger partial charge in [0, 0.05) is 6.07 Å². The zero-order chi connectivity index (χ0) is 13.2. The number of nitrogens with zero attached hydrogens (tertiary/aromatic N) is 4. The van der Waals surface area contributed by atoms with Gasteiger partial charge in [0.05, 0.1) is 19.0 Å². The fourth-order valence-electron chi connectivity index (χ4n) is 1.52. The summed E-state index contributed by atoms with van der Waals surface area (Å²) >= 11 is 1.40. The first kappa shape index (κ1) is 11.6. The summed E-state index contributed by atoms with van der Waals surface area (Å²) < 4.78 is 5.77. The summed E-state index contributed by atoms with van der Waals surface area (Å²) in [7, 11) is 1.57. The lowest BCUT2D eigenvalue weighted by atomic mass is 10.4. The lowest BCUT2D eigenvalue weighted by Crippen LogP contribution is -1.92. The molecule has 0 aliphatic carbocycles. The molecule has 3 aromatic heterocycles. The van der Waals surface area contributed by atoms with Crippen LogP contribution in [-0.4, -0.2) is 27.0 Å². The number of pyridine rings is 1. The molecule has 0 atom stereocenters. The minimum atomic E-state index is 0.434. The highest BCUT2D eigenvalue weighted by molar-refractivity contribution is 7.22. The van der Waals surface area contributed by atoms with E-state index in [9.17, 15) is 0 Å². The number of methoxy groups -OCH3 is 1. The van der Waals surface area contributed by atoms with E-state index < -0.39 is 0 Å². The van der Waals surface area contributed by atoms with Gasteiger partial charge in [0.2, 0.25) is 5.88 Å². The first-order chi connectivity index (χ1) is 9.26. The number of nitrogens with two attached hydrogens (primary N) is 1. The second-order valence-corrected chi connectivity index (χ2v) is 4.64.